The highest BCUT2D eigenvalue weighted by atomic mass is 15.2. The molecular weight excluding hydrogens is 318 g/mol. The summed E-state index contributed by atoms with van der Waals surface area (Å²) in [7, 11) is 0. The highest BCUT2D eigenvalue weighted by Crippen LogP contribution is 2.28. The molecule has 1 atom stereocenters. The number of hydrogen-bond donors (Lipinski definition) is 1. The van der Waals surface area contributed by atoms with Crippen molar-refractivity contribution in [3.05, 3.63) is 108 Å². The Hall–Kier alpha value is -3.20. The molecule has 1 N–H and O–H groups in total. The van der Waals surface area contributed by atoms with E-state index in [4.69, 9.17) is 9.98 Å². The zero-order chi connectivity index (χ0) is 17.8. The molecule has 26 heavy (non-hydrogen) atoms. The number of nitrogens with zero attached hydrogens (tertiary/aromatic N) is 2. The van der Waals surface area contributed by atoms with Crippen LogP contribution in [0.3, 0.4) is 0 Å². The Bertz CT molecular complexity index is 931. The van der Waals surface area contributed by atoms with Gasteiger partial charge < -0.3 is 5.32 Å². The third-order valence-electron chi connectivity index (χ3n) is 4.57. The second-order valence-electron chi connectivity index (χ2n) is 6.54. The first-order valence-electron chi connectivity index (χ1n) is 8.82. The minimum Gasteiger partial charge on any atom is -0.341 e. The van der Waals surface area contributed by atoms with E-state index in [-0.39, 0.29) is 0 Å². The van der Waals surface area contributed by atoms with Crippen LogP contribution >= 0.6 is 0 Å². The highest BCUT2D eigenvalue weighted by molar-refractivity contribution is 6.49. The van der Waals surface area contributed by atoms with Crippen LogP contribution in [0.25, 0.3) is 0 Å². The van der Waals surface area contributed by atoms with Crippen LogP contribution in [0.5, 0.6) is 0 Å². The predicted octanol–water partition coefficient (Wildman–Crippen LogP) is 4.55. The number of benzene rings is 3. The molecule has 3 nitrogen and oxygen atoms in total. The number of amidine groups is 1. The van der Waals surface area contributed by atoms with Gasteiger partial charge in [0.1, 0.15) is 11.5 Å². The summed E-state index contributed by atoms with van der Waals surface area (Å²) < 4.78 is 0. The predicted molar refractivity (Wildman–Crippen MR) is 107 cm³/mol. The second-order valence-corrected chi connectivity index (χ2v) is 6.54. The molecule has 1 aliphatic heterocycles. The molecule has 0 bridgehead atoms. The molecule has 0 fully saturated rings. The minimum atomic E-state index is -0.512. The van der Waals surface area contributed by atoms with E-state index >= 15 is 0 Å². The molecule has 4 rings (SSSR count). The standard InChI is InChI=1S/C23H21N3/c1-23(20-15-9-4-10-16-20)25-21(19-13-7-3-8-14-19)22(26-23)24-17-18-11-5-2-6-12-18/h2-16H,17H2,1H3,(H,24,26). The molecule has 1 heterocycles. The van der Waals surface area contributed by atoms with Gasteiger partial charge in [-0.05, 0) is 18.1 Å². The van der Waals surface area contributed by atoms with Gasteiger partial charge in [0, 0.05) is 5.56 Å². The minimum absolute atomic E-state index is 0.512. The van der Waals surface area contributed by atoms with Crippen LogP contribution in [0.15, 0.2) is 101 Å². The molecule has 0 radical (unpaired) electrons. The van der Waals surface area contributed by atoms with Gasteiger partial charge in [0.15, 0.2) is 5.66 Å². The molecule has 0 aliphatic carbocycles. The molecular formula is C23H21N3. The maximum Gasteiger partial charge on any atom is 0.154 e. The van der Waals surface area contributed by atoms with E-state index in [1.54, 1.807) is 0 Å². The molecule has 0 spiro atoms. The van der Waals surface area contributed by atoms with Crippen LogP contribution in [-0.4, -0.2) is 11.5 Å². The molecule has 3 aromatic rings. The summed E-state index contributed by atoms with van der Waals surface area (Å²) in [5.74, 6) is 0.839. The second kappa shape index (κ2) is 6.96. The van der Waals surface area contributed by atoms with E-state index in [0.29, 0.717) is 6.54 Å². The fourth-order valence-corrected chi connectivity index (χ4v) is 3.16. The lowest BCUT2D eigenvalue weighted by molar-refractivity contribution is 0.477. The Morgan fingerprint density at radius 2 is 1.38 bits per heavy atom. The first-order valence-corrected chi connectivity index (χ1v) is 8.82. The molecule has 0 saturated heterocycles. The van der Waals surface area contributed by atoms with Crippen LogP contribution in [0.4, 0.5) is 0 Å². The fraction of sp³-hybridized carbons (Fsp3) is 0.130. The van der Waals surface area contributed by atoms with Crippen molar-refractivity contribution in [2.45, 2.75) is 19.1 Å². The Morgan fingerprint density at radius 1 is 0.808 bits per heavy atom. The number of hydrogen-bond acceptors (Lipinski definition) is 2. The van der Waals surface area contributed by atoms with Crippen molar-refractivity contribution in [2.75, 3.05) is 0 Å². The van der Waals surface area contributed by atoms with Crippen LogP contribution in [-0.2, 0) is 12.2 Å². The first-order chi connectivity index (χ1) is 12.7. The lowest BCUT2D eigenvalue weighted by Gasteiger charge is -2.22. The summed E-state index contributed by atoms with van der Waals surface area (Å²) in [6.07, 6.45) is 0. The lowest BCUT2D eigenvalue weighted by Crippen LogP contribution is -2.37. The van der Waals surface area contributed by atoms with E-state index in [2.05, 4.69) is 48.6 Å². The average Bonchev–Trinajstić information content (AvgIpc) is 3.07. The monoisotopic (exact) mass is 339 g/mol. The molecule has 128 valence electrons. The average molecular weight is 339 g/mol. The first kappa shape index (κ1) is 16.3. The van der Waals surface area contributed by atoms with E-state index in [0.717, 1.165) is 22.7 Å². The Labute approximate surface area is 154 Å². The number of aliphatic imine (C=N–C) groups is 2. The normalized spacial score (nSPS) is 20.7. The van der Waals surface area contributed by atoms with Gasteiger partial charge in [-0.3, -0.25) is 4.99 Å². The van der Waals surface area contributed by atoms with Gasteiger partial charge in [-0.2, -0.15) is 0 Å². The largest absolute Gasteiger partial charge is 0.341 e. The van der Waals surface area contributed by atoms with Gasteiger partial charge in [0.05, 0.1) is 6.54 Å². The Morgan fingerprint density at radius 3 is 2.04 bits per heavy atom. The van der Waals surface area contributed by atoms with Crippen LogP contribution in [0.2, 0.25) is 0 Å². The number of nitrogens with one attached hydrogen (secondary N) is 1. The maximum absolute atomic E-state index is 5.03. The zero-order valence-electron chi connectivity index (χ0n) is 14.8. The van der Waals surface area contributed by atoms with Crippen LogP contribution < -0.4 is 5.32 Å². The van der Waals surface area contributed by atoms with Crippen LogP contribution in [0, 0.1) is 0 Å². The lowest BCUT2D eigenvalue weighted by atomic mass is 10.0. The zero-order valence-corrected chi connectivity index (χ0v) is 14.8. The molecule has 1 unspecified atom stereocenters. The van der Waals surface area contributed by atoms with Crippen LogP contribution in [0.1, 0.15) is 23.6 Å². The van der Waals surface area contributed by atoms with Crippen molar-refractivity contribution in [1.29, 1.82) is 0 Å². The SMILES string of the molecule is CC1(c2ccccc2)N=C(c2ccccc2)C(=NCc2ccccc2)N1. The summed E-state index contributed by atoms with van der Waals surface area (Å²) in [5, 5.41) is 3.55. The Balaban J connectivity index is 1.72. The summed E-state index contributed by atoms with van der Waals surface area (Å²) in [6.45, 7) is 2.72. The molecule has 0 aromatic heterocycles. The fourth-order valence-electron chi connectivity index (χ4n) is 3.16. The molecule has 3 heteroatoms. The van der Waals surface area contributed by atoms with E-state index < -0.39 is 5.66 Å². The van der Waals surface area contributed by atoms with Crippen molar-refractivity contribution >= 4 is 11.5 Å². The molecule has 0 saturated carbocycles. The van der Waals surface area contributed by atoms with Crippen molar-refractivity contribution in [2.24, 2.45) is 9.98 Å². The topological polar surface area (TPSA) is 36.8 Å². The highest BCUT2D eigenvalue weighted by Gasteiger charge is 2.35. The van der Waals surface area contributed by atoms with Gasteiger partial charge in [-0.15, -0.1) is 0 Å². The smallest absolute Gasteiger partial charge is 0.154 e. The third kappa shape index (κ3) is 3.29. The van der Waals surface area contributed by atoms with Crippen molar-refractivity contribution in [3.8, 4) is 0 Å². The van der Waals surface area contributed by atoms with Crippen molar-refractivity contribution in [1.82, 2.24) is 5.32 Å². The van der Waals surface area contributed by atoms with Gasteiger partial charge in [0.25, 0.3) is 0 Å². The summed E-state index contributed by atoms with van der Waals surface area (Å²) in [5.41, 5.74) is 3.78. The van der Waals surface area contributed by atoms with E-state index in [1.807, 2.05) is 54.6 Å². The van der Waals surface area contributed by atoms with Gasteiger partial charge in [-0.1, -0.05) is 91.0 Å². The molecule has 1 aliphatic rings. The maximum atomic E-state index is 5.03. The van der Waals surface area contributed by atoms with Gasteiger partial charge in [0.2, 0.25) is 0 Å². The molecule has 0 amide bonds. The quantitative estimate of drug-likeness (QED) is 0.744. The van der Waals surface area contributed by atoms with Gasteiger partial charge in [-0.25, -0.2) is 4.99 Å². The summed E-state index contributed by atoms with van der Waals surface area (Å²) in [6, 6.07) is 30.8. The summed E-state index contributed by atoms with van der Waals surface area (Å²) >= 11 is 0. The Kier molecular flexibility index (Phi) is 4.36. The third-order valence-corrected chi connectivity index (χ3v) is 4.57. The van der Waals surface area contributed by atoms with E-state index in [1.165, 1.54) is 5.56 Å². The van der Waals surface area contributed by atoms with E-state index in [9.17, 15) is 0 Å². The number of rotatable bonds is 4. The van der Waals surface area contributed by atoms with Gasteiger partial charge >= 0.3 is 0 Å². The van der Waals surface area contributed by atoms with Crippen molar-refractivity contribution < 1.29 is 0 Å². The summed E-state index contributed by atoms with van der Waals surface area (Å²) in [4.78, 5) is 9.88. The molecule has 3 aromatic carbocycles. The van der Waals surface area contributed by atoms with Crippen molar-refractivity contribution in [3.63, 3.8) is 0 Å².